The van der Waals surface area contributed by atoms with Crippen molar-refractivity contribution in [2.75, 3.05) is 26.6 Å². The maximum Gasteiger partial charge on any atom is 0.337 e. The summed E-state index contributed by atoms with van der Waals surface area (Å²) in [7, 11) is 4.74. The van der Waals surface area contributed by atoms with Crippen LogP contribution in [-0.2, 0) is 6.42 Å². The van der Waals surface area contributed by atoms with Crippen LogP contribution in [-0.4, -0.2) is 49.0 Å². The number of carbonyl (C=O) groups is 1. The summed E-state index contributed by atoms with van der Waals surface area (Å²) < 4.78 is 24.9. The van der Waals surface area contributed by atoms with Crippen molar-refractivity contribution in [3.8, 4) is 11.5 Å². The van der Waals surface area contributed by atoms with Gasteiger partial charge in [0.2, 0.25) is 5.95 Å². The van der Waals surface area contributed by atoms with E-state index in [1.165, 1.54) is 11.2 Å². The molecule has 0 fully saturated rings. The summed E-state index contributed by atoms with van der Waals surface area (Å²) in [5.41, 5.74) is 4.19. The number of urea groups is 1. The lowest BCUT2D eigenvalue weighted by atomic mass is 9.94. The number of hydrogen-bond donors (Lipinski definition) is 2. The molecule has 0 saturated carbocycles. The molecule has 4 rings (SSSR count). The molecule has 1 aliphatic heterocycles. The maximum atomic E-state index is 13.9. The fourth-order valence-corrected chi connectivity index (χ4v) is 3.89. The van der Waals surface area contributed by atoms with Crippen molar-refractivity contribution >= 4 is 23.1 Å². The molecule has 2 amide bonds. The van der Waals surface area contributed by atoms with Gasteiger partial charge in [0, 0.05) is 30.1 Å². The first-order valence-corrected chi connectivity index (χ1v) is 10.8. The van der Waals surface area contributed by atoms with Crippen molar-refractivity contribution in [3.05, 3.63) is 77.4 Å². The Hall–Kier alpha value is -4.14. The first kappa shape index (κ1) is 23.0. The van der Waals surface area contributed by atoms with Gasteiger partial charge in [-0.1, -0.05) is 12.1 Å². The predicted octanol–water partition coefficient (Wildman–Crippen LogP) is 4.32. The quantitative estimate of drug-likeness (QED) is 0.551. The highest BCUT2D eigenvalue weighted by atomic mass is 19.1. The van der Waals surface area contributed by atoms with Crippen LogP contribution in [0.5, 0.6) is 11.5 Å². The van der Waals surface area contributed by atoms with Crippen LogP contribution in [0, 0.1) is 5.95 Å². The standard InChI is InChI=1S/C25H26FN5O3/c1-15-12-17-13-21(33-3)22(34-4)14-19(17)23(30-31(15)25(32)27-2)16-7-9-18(10-8-16)29-20-6-5-11-28-24(20)26/h5-11,13-15,29H,12H2,1-4H3,(H,27,32). The summed E-state index contributed by atoms with van der Waals surface area (Å²) in [6.07, 6.45) is 1.98. The third-order valence-corrected chi connectivity index (χ3v) is 5.62. The van der Waals surface area contributed by atoms with Gasteiger partial charge in [-0.15, -0.1) is 0 Å². The van der Waals surface area contributed by atoms with Gasteiger partial charge in [0.05, 0.1) is 31.7 Å². The van der Waals surface area contributed by atoms with Crippen molar-refractivity contribution in [3.63, 3.8) is 0 Å². The van der Waals surface area contributed by atoms with E-state index in [-0.39, 0.29) is 17.8 Å². The molecule has 1 unspecified atom stereocenters. The van der Waals surface area contributed by atoms with E-state index < -0.39 is 5.95 Å². The van der Waals surface area contributed by atoms with E-state index in [4.69, 9.17) is 14.6 Å². The molecule has 0 bridgehead atoms. The van der Waals surface area contributed by atoms with Crippen molar-refractivity contribution in [2.24, 2.45) is 5.10 Å². The van der Waals surface area contributed by atoms with Crippen LogP contribution in [0.2, 0.25) is 0 Å². The first-order chi connectivity index (χ1) is 16.4. The Morgan fingerprint density at radius 1 is 1.12 bits per heavy atom. The molecular formula is C25H26FN5O3. The van der Waals surface area contributed by atoms with Crippen molar-refractivity contribution in [1.82, 2.24) is 15.3 Å². The summed E-state index contributed by atoms with van der Waals surface area (Å²) in [4.78, 5) is 16.3. The third kappa shape index (κ3) is 4.50. The SMILES string of the molecule is CNC(=O)N1N=C(c2ccc(Nc3cccnc3F)cc2)c2cc(OC)c(OC)cc2CC1C. The number of nitrogens with zero attached hydrogens (tertiary/aromatic N) is 3. The maximum absolute atomic E-state index is 13.9. The van der Waals surface area contributed by atoms with Crippen molar-refractivity contribution in [1.29, 1.82) is 0 Å². The van der Waals surface area contributed by atoms with Gasteiger partial charge in [-0.05, 0) is 55.3 Å². The zero-order valence-corrected chi connectivity index (χ0v) is 19.4. The van der Waals surface area contributed by atoms with Gasteiger partial charge in [-0.3, -0.25) is 0 Å². The summed E-state index contributed by atoms with van der Waals surface area (Å²) >= 11 is 0. The second-order valence-electron chi connectivity index (χ2n) is 7.81. The molecule has 0 aliphatic carbocycles. The molecule has 1 aromatic heterocycles. The number of nitrogens with one attached hydrogen (secondary N) is 2. The number of carbonyl (C=O) groups excluding carboxylic acids is 1. The highest BCUT2D eigenvalue weighted by Crippen LogP contribution is 2.35. The molecule has 0 radical (unpaired) electrons. The topological polar surface area (TPSA) is 88.1 Å². The van der Waals surface area contributed by atoms with E-state index in [9.17, 15) is 9.18 Å². The Kier molecular flexibility index (Phi) is 6.62. The van der Waals surface area contributed by atoms with E-state index in [0.29, 0.717) is 29.3 Å². The zero-order valence-electron chi connectivity index (χ0n) is 19.4. The number of benzene rings is 2. The molecular weight excluding hydrogens is 437 g/mol. The average molecular weight is 464 g/mol. The first-order valence-electron chi connectivity index (χ1n) is 10.8. The van der Waals surface area contributed by atoms with Gasteiger partial charge in [0.25, 0.3) is 0 Å². The number of ether oxygens (including phenoxy) is 2. The fraction of sp³-hybridized carbons (Fsp3) is 0.240. The van der Waals surface area contributed by atoms with Crippen LogP contribution >= 0.6 is 0 Å². The molecule has 1 aliphatic rings. The van der Waals surface area contributed by atoms with Gasteiger partial charge in [0.1, 0.15) is 0 Å². The normalized spacial score (nSPS) is 15.0. The highest BCUT2D eigenvalue weighted by Gasteiger charge is 2.28. The highest BCUT2D eigenvalue weighted by molar-refractivity contribution is 6.14. The second-order valence-corrected chi connectivity index (χ2v) is 7.81. The largest absolute Gasteiger partial charge is 0.493 e. The van der Waals surface area contributed by atoms with Crippen LogP contribution in [0.3, 0.4) is 0 Å². The molecule has 9 heteroatoms. The van der Waals surface area contributed by atoms with Gasteiger partial charge in [0.15, 0.2) is 11.5 Å². The van der Waals surface area contributed by atoms with E-state index in [0.717, 1.165) is 16.7 Å². The van der Waals surface area contributed by atoms with E-state index in [1.54, 1.807) is 33.4 Å². The Morgan fingerprint density at radius 3 is 2.47 bits per heavy atom. The van der Waals surface area contributed by atoms with Crippen molar-refractivity contribution in [2.45, 2.75) is 19.4 Å². The smallest absolute Gasteiger partial charge is 0.337 e. The minimum absolute atomic E-state index is 0.191. The Balaban J connectivity index is 1.78. The van der Waals surface area contributed by atoms with Gasteiger partial charge < -0.3 is 20.1 Å². The number of amides is 2. The summed E-state index contributed by atoms with van der Waals surface area (Å²) in [6.45, 7) is 1.94. The lowest BCUT2D eigenvalue weighted by molar-refractivity contribution is 0.184. The number of rotatable bonds is 5. The number of halogens is 1. The Bertz CT molecular complexity index is 1230. The lowest BCUT2D eigenvalue weighted by Crippen LogP contribution is -2.41. The minimum Gasteiger partial charge on any atom is -0.493 e. The number of pyridine rings is 1. The molecule has 34 heavy (non-hydrogen) atoms. The molecule has 0 spiro atoms. The molecule has 3 aromatic rings. The van der Waals surface area contributed by atoms with E-state index in [1.807, 2.05) is 43.3 Å². The lowest BCUT2D eigenvalue weighted by Gasteiger charge is -2.22. The summed E-state index contributed by atoms with van der Waals surface area (Å²) in [5, 5.41) is 11.9. The van der Waals surface area contributed by atoms with Gasteiger partial charge >= 0.3 is 6.03 Å². The monoisotopic (exact) mass is 463 g/mol. The van der Waals surface area contributed by atoms with E-state index >= 15 is 0 Å². The van der Waals surface area contributed by atoms with Crippen molar-refractivity contribution < 1.29 is 18.7 Å². The molecule has 0 saturated heterocycles. The summed E-state index contributed by atoms with van der Waals surface area (Å²) in [5.74, 6) is 0.601. The molecule has 2 heterocycles. The molecule has 176 valence electrons. The van der Waals surface area contributed by atoms with Crippen LogP contribution < -0.4 is 20.1 Å². The van der Waals surface area contributed by atoms with Crippen LogP contribution in [0.4, 0.5) is 20.6 Å². The fourth-order valence-electron chi connectivity index (χ4n) is 3.89. The zero-order chi connectivity index (χ0) is 24.2. The molecule has 2 aromatic carbocycles. The molecule has 8 nitrogen and oxygen atoms in total. The van der Waals surface area contributed by atoms with Gasteiger partial charge in [-0.2, -0.15) is 9.49 Å². The number of aromatic nitrogens is 1. The molecule has 2 N–H and O–H groups in total. The number of fused-ring (bicyclic) bond motifs is 1. The second kappa shape index (κ2) is 9.78. The number of hydrazone groups is 1. The van der Waals surface area contributed by atoms with Crippen LogP contribution in [0.15, 0.2) is 59.8 Å². The Morgan fingerprint density at radius 2 is 1.82 bits per heavy atom. The Labute approximate surface area is 197 Å². The number of anilines is 2. The molecule has 1 atom stereocenters. The number of methoxy groups -OCH3 is 2. The van der Waals surface area contributed by atoms with Crippen LogP contribution in [0.25, 0.3) is 0 Å². The predicted molar refractivity (Wildman–Crippen MR) is 129 cm³/mol. The van der Waals surface area contributed by atoms with Gasteiger partial charge in [-0.25, -0.2) is 14.8 Å². The number of hydrogen-bond acceptors (Lipinski definition) is 6. The summed E-state index contributed by atoms with van der Waals surface area (Å²) in [6, 6.07) is 14.0. The third-order valence-electron chi connectivity index (χ3n) is 5.62. The van der Waals surface area contributed by atoms with Crippen LogP contribution in [0.1, 0.15) is 23.6 Å². The minimum atomic E-state index is -0.579. The van der Waals surface area contributed by atoms with E-state index in [2.05, 4.69) is 15.6 Å². The average Bonchev–Trinajstić information content (AvgIpc) is 3.00.